The largest absolute Gasteiger partial charge is 0.395 e. The molecule has 4 rings (SSSR count). The minimum Gasteiger partial charge on any atom is -0.343 e. The number of hydrogen-bond donors (Lipinski definition) is 2. The maximum Gasteiger partial charge on any atom is 0.395 e. The quantitative estimate of drug-likeness (QED) is 0.493. The van der Waals surface area contributed by atoms with Crippen LogP contribution < -0.4 is 4.72 Å². The Morgan fingerprint density at radius 3 is 2.77 bits per heavy atom. The number of allylic oxidation sites excluding steroid dienone is 6. The molecule has 1 aliphatic rings. The van der Waals surface area contributed by atoms with E-state index in [4.69, 9.17) is 0 Å². The second kappa shape index (κ2) is 10.2. The van der Waals surface area contributed by atoms with Crippen molar-refractivity contribution in [3.05, 3.63) is 60.9 Å². The minimum absolute atomic E-state index is 0.112. The maximum absolute atomic E-state index is 13.9. The van der Waals surface area contributed by atoms with Crippen LogP contribution in [-0.4, -0.2) is 52.1 Å². The molecule has 0 spiro atoms. The second-order valence-electron chi connectivity index (χ2n) is 8.28. The number of H-pyrrole nitrogens is 1. The lowest BCUT2D eigenvalue weighted by atomic mass is 9.93. The third-order valence-corrected chi connectivity index (χ3v) is 6.40. The average molecular weight is 507 g/mol. The van der Waals surface area contributed by atoms with Gasteiger partial charge in [-0.2, -0.15) is 18.3 Å². The third kappa shape index (κ3) is 6.25. The van der Waals surface area contributed by atoms with E-state index < -0.39 is 22.1 Å². The van der Waals surface area contributed by atoms with Gasteiger partial charge in [0.15, 0.2) is 5.65 Å². The molecule has 0 aliphatic heterocycles. The number of imidazole rings is 1. The Bertz CT molecular complexity index is 1390. The number of hydrogen-bond acceptors (Lipinski definition) is 5. The highest BCUT2D eigenvalue weighted by Gasteiger charge is 2.40. The Morgan fingerprint density at radius 1 is 1.20 bits per heavy atom. The van der Waals surface area contributed by atoms with Gasteiger partial charge in [0.25, 0.3) is 0 Å². The van der Waals surface area contributed by atoms with Crippen LogP contribution in [0.2, 0.25) is 0 Å². The van der Waals surface area contributed by atoms with Gasteiger partial charge in [0, 0.05) is 30.1 Å². The van der Waals surface area contributed by atoms with Crippen molar-refractivity contribution in [1.29, 1.82) is 0 Å². The number of halogens is 3. The molecule has 3 aromatic rings. The first-order valence-electron chi connectivity index (χ1n) is 11.0. The number of nitrogens with one attached hydrogen (secondary N) is 2. The highest BCUT2D eigenvalue weighted by atomic mass is 32.2. The molecule has 1 atom stereocenters. The van der Waals surface area contributed by atoms with Gasteiger partial charge in [0.1, 0.15) is 0 Å². The van der Waals surface area contributed by atoms with Gasteiger partial charge in [0.05, 0.1) is 35.9 Å². The van der Waals surface area contributed by atoms with Crippen molar-refractivity contribution in [3.8, 4) is 11.1 Å². The molecule has 0 bridgehead atoms. The summed E-state index contributed by atoms with van der Waals surface area (Å²) in [7, 11) is -3.58. The summed E-state index contributed by atoms with van der Waals surface area (Å²) in [5.41, 5.74) is 3.78. The van der Waals surface area contributed by atoms with Crippen LogP contribution in [0.15, 0.2) is 60.9 Å². The molecule has 1 aliphatic carbocycles. The zero-order chi connectivity index (χ0) is 25.1. The summed E-state index contributed by atoms with van der Waals surface area (Å²) in [6.45, 7) is -0.298. The lowest BCUT2D eigenvalue weighted by molar-refractivity contribution is -0.164. The molecule has 1 unspecified atom stereocenters. The van der Waals surface area contributed by atoms with Crippen LogP contribution in [0, 0.1) is 5.92 Å². The molecule has 186 valence electrons. The topological polar surface area (TPSA) is 106 Å². The SMILES string of the molecule is CS(=O)(=O)NCCC(C1=C\CCC\C=C(n2cc(-c3ccnc4nc[nH]c34)cn2)/C=C/1)C(F)(F)F. The standard InChI is InChI=1S/C23H25F3N6O2S/c1-35(33,34)31-12-10-20(23(24,25)26)16-5-3-2-4-6-18(8-7-16)32-14-17(13-30-32)19-9-11-27-22-21(19)28-15-29-22/h5-9,11,13-15,20,31H,2-4,10,12H2,1H3,(H,27,28,29)/b8-7+,16-5+,18-6+. The van der Waals surface area contributed by atoms with Crippen LogP contribution in [0.5, 0.6) is 0 Å². The molecule has 3 aromatic heterocycles. The van der Waals surface area contributed by atoms with Crippen molar-refractivity contribution in [3.63, 3.8) is 0 Å². The van der Waals surface area contributed by atoms with Crippen LogP contribution >= 0.6 is 0 Å². The fraction of sp³-hybridized carbons (Fsp3) is 0.348. The molecular weight excluding hydrogens is 481 g/mol. The van der Waals surface area contributed by atoms with Crippen molar-refractivity contribution in [1.82, 2.24) is 29.5 Å². The average Bonchev–Trinajstić information content (AvgIpc) is 3.46. The highest BCUT2D eigenvalue weighted by Crippen LogP contribution is 2.36. The van der Waals surface area contributed by atoms with Crippen LogP contribution in [0.4, 0.5) is 13.2 Å². The van der Waals surface area contributed by atoms with Gasteiger partial charge in [-0.1, -0.05) is 18.2 Å². The Balaban J connectivity index is 1.59. The maximum atomic E-state index is 13.9. The molecule has 0 aromatic carbocycles. The lowest BCUT2D eigenvalue weighted by Crippen LogP contribution is -2.31. The molecule has 0 amide bonds. The third-order valence-electron chi connectivity index (χ3n) is 5.67. The normalized spacial score (nSPS) is 20.2. The van der Waals surface area contributed by atoms with Crippen LogP contribution in [0.1, 0.15) is 25.7 Å². The number of pyridine rings is 1. The Hall–Kier alpha value is -3.25. The van der Waals surface area contributed by atoms with E-state index in [1.165, 1.54) is 6.08 Å². The summed E-state index contributed by atoms with van der Waals surface area (Å²) in [6, 6.07) is 1.84. The molecule has 8 nitrogen and oxygen atoms in total. The van der Waals surface area contributed by atoms with Crippen LogP contribution in [-0.2, 0) is 10.0 Å². The molecule has 0 saturated heterocycles. The number of sulfonamides is 1. The van der Waals surface area contributed by atoms with Crippen molar-refractivity contribution in [2.45, 2.75) is 31.9 Å². The van der Waals surface area contributed by atoms with E-state index in [1.54, 1.807) is 35.6 Å². The van der Waals surface area contributed by atoms with E-state index >= 15 is 0 Å². The smallest absolute Gasteiger partial charge is 0.343 e. The summed E-state index contributed by atoms with van der Waals surface area (Å²) < 4.78 is 68.0. The van der Waals surface area contributed by atoms with E-state index in [0.29, 0.717) is 30.6 Å². The summed E-state index contributed by atoms with van der Waals surface area (Å²) in [6.07, 6.45) is 11.2. The van der Waals surface area contributed by atoms with Gasteiger partial charge in [-0.15, -0.1) is 0 Å². The monoisotopic (exact) mass is 506 g/mol. The van der Waals surface area contributed by atoms with Gasteiger partial charge >= 0.3 is 6.18 Å². The number of aromatic nitrogens is 5. The van der Waals surface area contributed by atoms with E-state index in [-0.39, 0.29) is 18.5 Å². The minimum atomic E-state index is -4.51. The predicted octanol–water partition coefficient (Wildman–Crippen LogP) is 4.45. The van der Waals surface area contributed by atoms with Gasteiger partial charge in [0.2, 0.25) is 10.0 Å². The van der Waals surface area contributed by atoms with Crippen molar-refractivity contribution < 1.29 is 21.6 Å². The molecule has 0 saturated carbocycles. The molecule has 0 radical (unpaired) electrons. The van der Waals surface area contributed by atoms with Gasteiger partial charge in [-0.05, 0) is 43.4 Å². The summed E-state index contributed by atoms with van der Waals surface area (Å²) in [5, 5.41) is 4.43. The van der Waals surface area contributed by atoms with E-state index in [9.17, 15) is 21.6 Å². The number of aromatic amines is 1. The van der Waals surface area contributed by atoms with Crippen molar-refractivity contribution >= 4 is 26.9 Å². The molecule has 12 heteroatoms. The number of fused-ring (bicyclic) bond motifs is 1. The number of alkyl halides is 3. The lowest BCUT2D eigenvalue weighted by Gasteiger charge is -2.22. The van der Waals surface area contributed by atoms with Gasteiger partial charge < -0.3 is 4.98 Å². The first-order chi connectivity index (χ1) is 16.6. The Kier molecular flexibility index (Phi) is 7.22. The molecule has 35 heavy (non-hydrogen) atoms. The summed E-state index contributed by atoms with van der Waals surface area (Å²) >= 11 is 0. The fourth-order valence-electron chi connectivity index (χ4n) is 3.98. The zero-order valence-corrected chi connectivity index (χ0v) is 19.8. The summed E-state index contributed by atoms with van der Waals surface area (Å²) in [5.74, 6) is -1.79. The molecule has 0 fully saturated rings. The van der Waals surface area contributed by atoms with Gasteiger partial charge in [-0.3, -0.25) is 0 Å². The van der Waals surface area contributed by atoms with Crippen molar-refractivity contribution in [2.24, 2.45) is 5.92 Å². The summed E-state index contributed by atoms with van der Waals surface area (Å²) in [4.78, 5) is 11.4. The Morgan fingerprint density at radius 2 is 2.00 bits per heavy atom. The van der Waals surface area contributed by atoms with E-state index in [2.05, 4.69) is 24.8 Å². The van der Waals surface area contributed by atoms with Gasteiger partial charge in [-0.25, -0.2) is 27.8 Å². The van der Waals surface area contributed by atoms with Crippen LogP contribution in [0.25, 0.3) is 28.0 Å². The second-order valence-corrected chi connectivity index (χ2v) is 10.1. The predicted molar refractivity (Wildman–Crippen MR) is 127 cm³/mol. The Labute approximate surface area is 200 Å². The first-order valence-corrected chi connectivity index (χ1v) is 12.9. The van der Waals surface area contributed by atoms with E-state index in [0.717, 1.165) is 22.9 Å². The zero-order valence-electron chi connectivity index (χ0n) is 19.0. The van der Waals surface area contributed by atoms with Crippen molar-refractivity contribution in [2.75, 3.05) is 12.8 Å². The molecular formula is C23H25F3N6O2S. The number of rotatable bonds is 7. The van der Waals surface area contributed by atoms with Crippen LogP contribution in [0.3, 0.4) is 0 Å². The highest BCUT2D eigenvalue weighted by molar-refractivity contribution is 7.88. The fourth-order valence-corrected chi connectivity index (χ4v) is 4.47. The molecule has 3 heterocycles. The first kappa shape index (κ1) is 24.9. The van der Waals surface area contributed by atoms with E-state index in [1.807, 2.05) is 18.3 Å². The number of nitrogens with zero attached hydrogens (tertiary/aromatic N) is 4. The molecule has 2 N–H and O–H groups in total.